The molecule has 0 saturated heterocycles. The third kappa shape index (κ3) is 3.04. The first kappa shape index (κ1) is 15.2. The van der Waals surface area contributed by atoms with Gasteiger partial charge in [0.1, 0.15) is 5.82 Å². The summed E-state index contributed by atoms with van der Waals surface area (Å²) in [5.41, 5.74) is 1.62. The largest absolute Gasteiger partial charge is 0.477 e. The summed E-state index contributed by atoms with van der Waals surface area (Å²) in [5, 5.41) is 0.423. The molecule has 0 aliphatic heterocycles. The van der Waals surface area contributed by atoms with E-state index in [-0.39, 0.29) is 24.7 Å². The Kier molecular flexibility index (Phi) is 3.77. The SMILES string of the molecule is Cc1cc(Cl)c(-c2ccc(OCC3CC3(F)F)nc2)cc1F. The Morgan fingerprint density at radius 3 is 2.68 bits per heavy atom. The van der Waals surface area contributed by atoms with E-state index in [1.807, 2.05) is 0 Å². The molecule has 1 atom stereocenters. The van der Waals surface area contributed by atoms with Crippen LogP contribution in [-0.4, -0.2) is 17.5 Å². The lowest BCUT2D eigenvalue weighted by Gasteiger charge is -2.08. The average Bonchev–Trinajstić information content (AvgIpc) is 3.09. The van der Waals surface area contributed by atoms with Crippen LogP contribution in [0.4, 0.5) is 13.2 Å². The summed E-state index contributed by atoms with van der Waals surface area (Å²) >= 11 is 6.11. The van der Waals surface area contributed by atoms with Crippen LogP contribution < -0.4 is 4.74 Å². The van der Waals surface area contributed by atoms with Crippen LogP contribution in [0.1, 0.15) is 12.0 Å². The van der Waals surface area contributed by atoms with E-state index in [1.165, 1.54) is 12.3 Å². The molecule has 1 aromatic carbocycles. The smallest absolute Gasteiger partial charge is 0.255 e. The number of benzene rings is 1. The molecule has 22 heavy (non-hydrogen) atoms. The second kappa shape index (κ2) is 5.47. The maximum Gasteiger partial charge on any atom is 0.255 e. The van der Waals surface area contributed by atoms with Crippen molar-refractivity contribution in [2.75, 3.05) is 6.61 Å². The molecule has 116 valence electrons. The van der Waals surface area contributed by atoms with Crippen molar-refractivity contribution in [1.82, 2.24) is 4.98 Å². The van der Waals surface area contributed by atoms with Crippen molar-refractivity contribution in [2.24, 2.45) is 5.92 Å². The van der Waals surface area contributed by atoms with E-state index in [1.54, 1.807) is 25.1 Å². The molecule has 1 aliphatic carbocycles. The fraction of sp³-hybridized carbons (Fsp3) is 0.312. The van der Waals surface area contributed by atoms with Crippen molar-refractivity contribution in [3.8, 4) is 17.0 Å². The van der Waals surface area contributed by atoms with Crippen LogP contribution in [0.3, 0.4) is 0 Å². The van der Waals surface area contributed by atoms with Gasteiger partial charge in [0.25, 0.3) is 5.92 Å². The molecule has 1 saturated carbocycles. The highest BCUT2D eigenvalue weighted by molar-refractivity contribution is 6.33. The Bertz CT molecular complexity index is 703. The predicted octanol–water partition coefficient (Wildman–Crippen LogP) is 4.88. The van der Waals surface area contributed by atoms with Crippen LogP contribution >= 0.6 is 11.6 Å². The van der Waals surface area contributed by atoms with Crippen molar-refractivity contribution in [3.63, 3.8) is 0 Å². The number of rotatable bonds is 4. The Hall–Kier alpha value is -1.75. The van der Waals surface area contributed by atoms with Gasteiger partial charge in [0.15, 0.2) is 0 Å². The number of hydrogen-bond acceptors (Lipinski definition) is 2. The van der Waals surface area contributed by atoms with E-state index in [0.29, 0.717) is 21.7 Å². The number of pyridine rings is 1. The number of alkyl halides is 2. The van der Waals surface area contributed by atoms with Crippen molar-refractivity contribution >= 4 is 11.6 Å². The predicted molar refractivity (Wildman–Crippen MR) is 77.9 cm³/mol. The summed E-state index contributed by atoms with van der Waals surface area (Å²) in [5.74, 6) is -3.42. The number of nitrogens with zero attached hydrogens (tertiary/aromatic N) is 1. The highest BCUT2D eigenvalue weighted by Gasteiger charge is 2.57. The second-order valence-corrected chi connectivity index (χ2v) is 5.85. The molecule has 3 rings (SSSR count). The third-order valence-electron chi connectivity index (χ3n) is 3.68. The van der Waals surface area contributed by atoms with E-state index >= 15 is 0 Å². The molecule has 0 radical (unpaired) electrons. The van der Waals surface area contributed by atoms with Crippen LogP contribution in [0, 0.1) is 18.7 Å². The minimum absolute atomic E-state index is 0.0563. The molecule has 1 aliphatic rings. The Morgan fingerprint density at radius 1 is 1.36 bits per heavy atom. The fourth-order valence-corrected chi connectivity index (χ4v) is 2.46. The van der Waals surface area contributed by atoms with Crippen LogP contribution in [0.25, 0.3) is 11.1 Å². The molecule has 0 N–H and O–H groups in total. The van der Waals surface area contributed by atoms with Gasteiger partial charge in [-0.05, 0) is 30.7 Å². The van der Waals surface area contributed by atoms with Gasteiger partial charge in [-0.15, -0.1) is 0 Å². The van der Waals surface area contributed by atoms with E-state index in [9.17, 15) is 13.2 Å². The van der Waals surface area contributed by atoms with Crippen LogP contribution in [-0.2, 0) is 0 Å². The topological polar surface area (TPSA) is 22.1 Å². The quantitative estimate of drug-likeness (QED) is 0.798. The minimum atomic E-state index is -2.60. The summed E-state index contributed by atoms with van der Waals surface area (Å²) in [6.45, 7) is 1.58. The number of halogens is 4. The summed E-state index contributed by atoms with van der Waals surface area (Å²) in [6, 6.07) is 6.12. The summed E-state index contributed by atoms with van der Waals surface area (Å²) in [7, 11) is 0. The molecule has 1 heterocycles. The molecule has 0 bridgehead atoms. The zero-order chi connectivity index (χ0) is 15.9. The minimum Gasteiger partial charge on any atom is -0.477 e. The fourth-order valence-electron chi connectivity index (χ4n) is 2.13. The number of aryl methyl sites for hydroxylation is 1. The van der Waals surface area contributed by atoms with Crippen molar-refractivity contribution in [2.45, 2.75) is 19.3 Å². The molecule has 2 aromatic rings. The zero-order valence-electron chi connectivity index (χ0n) is 11.7. The molecular formula is C16H13ClF3NO. The van der Waals surface area contributed by atoms with Gasteiger partial charge in [-0.2, -0.15) is 0 Å². The maximum atomic E-state index is 13.6. The Labute approximate surface area is 130 Å². The van der Waals surface area contributed by atoms with E-state index in [4.69, 9.17) is 16.3 Å². The van der Waals surface area contributed by atoms with Crippen molar-refractivity contribution in [1.29, 1.82) is 0 Å². The lowest BCUT2D eigenvalue weighted by molar-refractivity contribution is 0.0850. The number of aromatic nitrogens is 1. The third-order valence-corrected chi connectivity index (χ3v) is 4.00. The van der Waals surface area contributed by atoms with Crippen LogP contribution in [0.5, 0.6) is 5.88 Å². The number of ether oxygens (including phenoxy) is 1. The molecule has 1 unspecified atom stereocenters. The van der Waals surface area contributed by atoms with E-state index in [2.05, 4.69) is 4.98 Å². The molecule has 0 spiro atoms. The first-order valence-corrected chi connectivity index (χ1v) is 7.17. The second-order valence-electron chi connectivity index (χ2n) is 5.44. The lowest BCUT2D eigenvalue weighted by atomic mass is 10.1. The number of hydrogen-bond donors (Lipinski definition) is 0. The van der Waals surface area contributed by atoms with Gasteiger partial charge in [0.05, 0.1) is 12.5 Å². The zero-order valence-corrected chi connectivity index (χ0v) is 12.5. The molecule has 0 amide bonds. The highest BCUT2D eigenvalue weighted by Crippen LogP contribution is 2.48. The summed E-state index contributed by atoms with van der Waals surface area (Å²) in [6.07, 6.45) is 1.35. The Balaban J connectivity index is 1.73. The van der Waals surface area contributed by atoms with Gasteiger partial charge in [0.2, 0.25) is 5.88 Å². The molecule has 1 fully saturated rings. The van der Waals surface area contributed by atoms with Gasteiger partial charge in [0, 0.05) is 34.8 Å². The molecule has 2 nitrogen and oxygen atoms in total. The summed E-state index contributed by atoms with van der Waals surface area (Å²) in [4.78, 5) is 4.05. The molecular weight excluding hydrogens is 315 g/mol. The van der Waals surface area contributed by atoms with Crippen LogP contribution in [0.15, 0.2) is 30.5 Å². The standard InChI is InChI=1S/C16H13ClF3NO/c1-9-4-13(17)12(5-14(9)18)10-2-3-15(21-7-10)22-8-11-6-16(11,19)20/h2-5,7,11H,6,8H2,1H3. The molecule has 1 aromatic heterocycles. The van der Waals surface area contributed by atoms with Gasteiger partial charge in [-0.25, -0.2) is 18.2 Å². The molecule has 6 heteroatoms. The van der Waals surface area contributed by atoms with E-state index in [0.717, 1.165) is 0 Å². The van der Waals surface area contributed by atoms with Gasteiger partial charge < -0.3 is 4.74 Å². The average molecular weight is 328 g/mol. The van der Waals surface area contributed by atoms with Crippen molar-refractivity contribution in [3.05, 3.63) is 46.9 Å². The maximum absolute atomic E-state index is 13.6. The Morgan fingerprint density at radius 2 is 2.09 bits per heavy atom. The van der Waals surface area contributed by atoms with Crippen molar-refractivity contribution < 1.29 is 17.9 Å². The lowest BCUT2D eigenvalue weighted by Crippen LogP contribution is -2.06. The highest BCUT2D eigenvalue weighted by atomic mass is 35.5. The van der Waals surface area contributed by atoms with Crippen LogP contribution in [0.2, 0.25) is 5.02 Å². The van der Waals surface area contributed by atoms with Gasteiger partial charge in [-0.1, -0.05) is 11.6 Å². The summed E-state index contributed by atoms with van der Waals surface area (Å²) < 4.78 is 44.4. The first-order valence-electron chi connectivity index (χ1n) is 6.79. The normalized spacial score (nSPS) is 19.0. The monoisotopic (exact) mass is 327 g/mol. The van der Waals surface area contributed by atoms with E-state index < -0.39 is 11.8 Å². The van der Waals surface area contributed by atoms with Gasteiger partial charge >= 0.3 is 0 Å². The first-order chi connectivity index (χ1) is 10.4. The van der Waals surface area contributed by atoms with Gasteiger partial charge in [-0.3, -0.25) is 0 Å².